The standard InChI is InChI=1S/C15H21NO4/c1-10(17)9-11-5-2-3-8-16(11)15(20)14-12(18)6-4-7-13(14)19/h4,6-7,10-11,17-19H,2-3,5,8-9H2,1H3. The Morgan fingerprint density at radius 3 is 2.60 bits per heavy atom. The van der Waals surface area contributed by atoms with Crippen molar-refractivity contribution in [3.63, 3.8) is 0 Å². The van der Waals surface area contributed by atoms with E-state index in [0.717, 1.165) is 19.3 Å². The van der Waals surface area contributed by atoms with Crippen LogP contribution >= 0.6 is 0 Å². The van der Waals surface area contributed by atoms with Gasteiger partial charge in [0.15, 0.2) is 0 Å². The highest BCUT2D eigenvalue weighted by molar-refractivity contribution is 5.99. The fourth-order valence-corrected chi connectivity index (χ4v) is 2.80. The lowest BCUT2D eigenvalue weighted by Gasteiger charge is -2.36. The minimum Gasteiger partial charge on any atom is -0.507 e. The second-order valence-electron chi connectivity index (χ2n) is 5.40. The number of rotatable bonds is 3. The van der Waals surface area contributed by atoms with Crippen LogP contribution < -0.4 is 0 Å². The second kappa shape index (κ2) is 6.13. The van der Waals surface area contributed by atoms with E-state index in [1.54, 1.807) is 11.8 Å². The van der Waals surface area contributed by atoms with Crippen LogP contribution in [0.15, 0.2) is 18.2 Å². The highest BCUT2D eigenvalue weighted by Crippen LogP contribution is 2.31. The van der Waals surface area contributed by atoms with Gasteiger partial charge in [-0.1, -0.05) is 6.07 Å². The number of benzene rings is 1. The van der Waals surface area contributed by atoms with Gasteiger partial charge in [-0.25, -0.2) is 0 Å². The Kier molecular flexibility index (Phi) is 4.49. The maximum absolute atomic E-state index is 12.6. The number of hydrogen-bond acceptors (Lipinski definition) is 4. The Hall–Kier alpha value is -1.75. The predicted molar refractivity (Wildman–Crippen MR) is 74.7 cm³/mol. The molecule has 1 amide bonds. The molecule has 0 bridgehead atoms. The summed E-state index contributed by atoms with van der Waals surface area (Å²) in [6, 6.07) is 4.22. The van der Waals surface area contributed by atoms with Gasteiger partial charge in [0.05, 0.1) is 6.10 Å². The average molecular weight is 279 g/mol. The Labute approximate surface area is 118 Å². The molecule has 5 heteroatoms. The smallest absolute Gasteiger partial charge is 0.261 e. The largest absolute Gasteiger partial charge is 0.507 e. The third-order valence-electron chi connectivity index (χ3n) is 3.74. The van der Waals surface area contributed by atoms with Crippen LogP contribution in [0.4, 0.5) is 0 Å². The molecule has 0 aromatic heterocycles. The molecule has 1 aromatic carbocycles. The van der Waals surface area contributed by atoms with E-state index in [4.69, 9.17) is 0 Å². The summed E-state index contributed by atoms with van der Waals surface area (Å²) in [5.41, 5.74) is -0.0509. The summed E-state index contributed by atoms with van der Waals surface area (Å²) in [6.07, 6.45) is 2.79. The number of phenolic OH excluding ortho intramolecular Hbond substituents is 2. The number of phenols is 2. The van der Waals surface area contributed by atoms with Crippen LogP contribution in [0.1, 0.15) is 43.0 Å². The number of nitrogens with zero attached hydrogens (tertiary/aromatic N) is 1. The summed E-state index contributed by atoms with van der Waals surface area (Å²) in [5.74, 6) is -0.793. The average Bonchev–Trinajstić information content (AvgIpc) is 2.38. The summed E-state index contributed by atoms with van der Waals surface area (Å²) in [4.78, 5) is 14.2. The zero-order chi connectivity index (χ0) is 14.7. The third-order valence-corrected chi connectivity index (χ3v) is 3.74. The molecule has 2 unspecified atom stereocenters. The Bertz CT molecular complexity index is 467. The third kappa shape index (κ3) is 3.04. The van der Waals surface area contributed by atoms with Gasteiger partial charge in [-0.2, -0.15) is 0 Å². The molecular weight excluding hydrogens is 258 g/mol. The van der Waals surface area contributed by atoms with E-state index in [1.165, 1.54) is 18.2 Å². The van der Waals surface area contributed by atoms with Gasteiger partial charge in [0, 0.05) is 12.6 Å². The van der Waals surface area contributed by atoms with E-state index in [0.29, 0.717) is 13.0 Å². The molecule has 3 N–H and O–H groups in total. The molecule has 5 nitrogen and oxygen atoms in total. The van der Waals surface area contributed by atoms with Crippen molar-refractivity contribution in [2.24, 2.45) is 0 Å². The molecule has 1 fully saturated rings. The van der Waals surface area contributed by atoms with Crippen LogP contribution in [0.5, 0.6) is 11.5 Å². The first-order chi connectivity index (χ1) is 9.50. The van der Waals surface area contributed by atoms with Crippen molar-refractivity contribution in [1.29, 1.82) is 0 Å². The molecule has 1 aliphatic heterocycles. The van der Waals surface area contributed by atoms with Crippen LogP contribution in [-0.4, -0.2) is 44.8 Å². The van der Waals surface area contributed by atoms with Crippen molar-refractivity contribution in [2.45, 2.75) is 44.8 Å². The van der Waals surface area contributed by atoms with Crippen LogP contribution in [0.25, 0.3) is 0 Å². The Balaban J connectivity index is 2.25. The van der Waals surface area contributed by atoms with Gasteiger partial charge >= 0.3 is 0 Å². The van der Waals surface area contributed by atoms with E-state index in [9.17, 15) is 20.1 Å². The highest BCUT2D eigenvalue weighted by Gasteiger charge is 2.30. The van der Waals surface area contributed by atoms with Gasteiger partial charge < -0.3 is 20.2 Å². The van der Waals surface area contributed by atoms with Crippen LogP contribution in [0, 0.1) is 0 Å². The molecule has 0 radical (unpaired) electrons. The van der Waals surface area contributed by atoms with E-state index in [-0.39, 0.29) is 29.0 Å². The minimum atomic E-state index is -0.480. The summed E-state index contributed by atoms with van der Waals surface area (Å²) >= 11 is 0. The van der Waals surface area contributed by atoms with Crippen molar-refractivity contribution >= 4 is 5.91 Å². The van der Waals surface area contributed by atoms with Gasteiger partial charge in [-0.05, 0) is 44.7 Å². The van der Waals surface area contributed by atoms with Crippen molar-refractivity contribution in [3.05, 3.63) is 23.8 Å². The van der Waals surface area contributed by atoms with Crippen LogP contribution in [0.2, 0.25) is 0 Å². The van der Waals surface area contributed by atoms with Crippen molar-refractivity contribution in [1.82, 2.24) is 4.90 Å². The van der Waals surface area contributed by atoms with Gasteiger partial charge in [0.1, 0.15) is 17.1 Å². The quantitative estimate of drug-likeness (QED) is 0.789. The first-order valence-corrected chi connectivity index (χ1v) is 7.00. The normalized spacial score (nSPS) is 20.7. The van der Waals surface area contributed by atoms with E-state index in [2.05, 4.69) is 0 Å². The maximum atomic E-state index is 12.6. The summed E-state index contributed by atoms with van der Waals surface area (Å²) in [5, 5.41) is 29.2. The number of amides is 1. The number of aliphatic hydroxyl groups excluding tert-OH is 1. The molecule has 0 spiro atoms. The SMILES string of the molecule is CC(O)CC1CCCCN1C(=O)c1c(O)cccc1O. The topological polar surface area (TPSA) is 81.0 Å². The number of piperidine rings is 1. The fourth-order valence-electron chi connectivity index (χ4n) is 2.80. The lowest BCUT2D eigenvalue weighted by molar-refractivity contribution is 0.0509. The number of hydrogen-bond donors (Lipinski definition) is 3. The molecule has 1 heterocycles. The van der Waals surface area contributed by atoms with Crippen molar-refractivity contribution in [3.8, 4) is 11.5 Å². The van der Waals surface area contributed by atoms with Gasteiger partial charge in [-0.15, -0.1) is 0 Å². The van der Waals surface area contributed by atoms with Crippen molar-refractivity contribution < 1.29 is 20.1 Å². The molecule has 1 aromatic rings. The molecule has 2 atom stereocenters. The van der Waals surface area contributed by atoms with E-state index < -0.39 is 6.10 Å². The second-order valence-corrected chi connectivity index (χ2v) is 5.40. The van der Waals surface area contributed by atoms with Crippen LogP contribution in [0.3, 0.4) is 0 Å². The first kappa shape index (κ1) is 14.7. The number of likely N-dealkylation sites (tertiary alicyclic amines) is 1. The zero-order valence-corrected chi connectivity index (χ0v) is 11.6. The van der Waals surface area contributed by atoms with Crippen LogP contribution in [-0.2, 0) is 0 Å². The molecule has 1 saturated heterocycles. The van der Waals surface area contributed by atoms with E-state index in [1.807, 2.05) is 0 Å². The molecular formula is C15H21NO4. The maximum Gasteiger partial charge on any atom is 0.261 e. The minimum absolute atomic E-state index is 0.0461. The fraction of sp³-hybridized carbons (Fsp3) is 0.533. The number of carbonyl (C=O) groups excluding carboxylic acids is 1. The molecule has 20 heavy (non-hydrogen) atoms. The summed E-state index contributed by atoms with van der Waals surface area (Å²) in [6.45, 7) is 2.29. The molecule has 2 rings (SSSR count). The highest BCUT2D eigenvalue weighted by atomic mass is 16.3. The number of aliphatic hydroxyl groups is 1. The van der Waals surface area contributed by atoms with Gasteiger partial charge in [0.2, 0.25) is 0 Å². The molecule has 0 saturated carbocycles. The lowest BCUT2D eigenvalue weighted by Crippen LogP contribution is -2.45. The predicted octanol–water partition coefficient (Wildman–Crippen LogP) is 1.86. The Morgan fingerprint density at radius 2 is 2.00 bits per heavy atom. The van der Waals surface area contributed by atoms with Gasteiger partial charge in [-0.3, -0.25) is 4.79 Å². The van der Waals surface area contributed by atoms with Crippen molar-refractivity contribution in [2.75, 3.05) is 6.54 Å². The zero-order valence-electron chi connectivity index (χ0n) is 11.6. The van der Waals surface area contributed by atoms with Gasteiger partial charge in [0.25, 0.3) is 5.91 Å². The lowest BCUT2D eigenvalue weighted by atomic mass is 9.96. The molecule has 110 valence electrons. The monoisotopic (exact) mass is 279 g/mol. The summed E-state index contributed by atoms with van der Waals surface area (Å²) in [7, 11) is 0. The molecule has 1 aliphatic rings. The first-order valence-electron chi connectivity index (χ1n) is 7.00. The molecule has 0 aliphatic carbocycles. The number of aromatic hydroxyl groups is 2. The van der Waals surface area contributed by atoms with E-state index >= 15 is 0 Å². The Morgan fingerprint density at radius 1 is 1.35 bits per heavy atom. The number of carbonyl (C=O) groups is 1. The summed E-state index contributed by atoms with van der Waals surface area (Å²) < 4.78 is 0.